The lowest BCUT2D eigenvalue weighted by Crippen LogP contribution is -2.30. The highest BCUT2D eigenvalue weighted by molar-refractivity contribution is 5.98. The molecule has 0 radical (unpaired) electrons. The van der Waals surface area contributed by atoms with E-state index in [1.807, 2.05) is 43.5 Å². The Balaban J connectivity index is 1.68. The van der Waals surface area contributed by atoms with Crippen LogP contribution < -0.4 is 10.1 Å². The van der Waals surface area contributed by atoms with E-state index in [0.29, 0.717) is 30.2 Å². The molecule has 3 aromatic rings. The largest absolute Gasteiger partial charge is 0.492 e. The van der Waals surface area contributed by atoms with Gasteiger partial charge >= 0.3 is 5.97 Å². The number of carbonyl (C=O) groups is 2. The summed E-state index contributed by atoms with van der Waals surface area (Å²) in [4.78, 5) is 25.2. The van der Waals surface area contributed by atoms with Gasteiger partial charge in [-0.15, -0.1) is 0 Å². The van der Waals surface area contributed by atoms with Gasteiger partial charge in [-0.2, -0.15) is 0 Å². The first-order valence-corrected chi connectivity index (χ1v) is 9.83. The number of nitrogens with one attached hydrogen (secondary N) is 1. The van der Waals surface area contributed by atoms with Crippen molar-refractivity contribution in [1.29, 1.82) is 0 Å². The molecule has 1 aromatic carbocycles. The molecule has 0 bridgehead atoms. The van der Waals surface area contributed by atoms with Crippen molar-refractivity contribution in [2.24, 2.45) is 0 Å². The molecule has 0 aliphatic carbocycles. The summed E-state index contributed by atoms with van der Waals surface area (Å²) in [5, 5.41) is 2.75. The average molecular weight is 410 g/mol. The Morgan fingerprint density at radius 2 is 1.93 bits per heavy atom. The fourth-order valence-electron chi connectivity index (χ4n) is 3.17. The molecule has 0 aliphatic heterocycles. The molecule has 158 valence electrons. The molecule has 2 heterocycles. The average Bonchev–Trinajstić information content (AvgIpc) is 3.33. The normalized spacial score (nSPS) is 11.7. The Bertz CT molecular complexity index is 1020. The molecule has 0 unspecified atom stereocenters. The van der Waals surface area contributed by atoms with E-state index in [1.54, 1.807) is 37.5 Å². The van der Waals surface area contributed by atoms with Gasteiger partial charge < -0.3 is 23.8 Å². The second-order valence-electron chi connectivity index (χ2n) is 6.92. The van der Waals surface area contributed by atoms with E-state index in [0.717, 1.165) is 17.1 Å². The number of hydrogen-bond acceptors (Lipinski definition) is 5. The zero-order valence-electron chi connectivity index (χ0n) is 17.6. The number of furan rings is 1. The van der Waals surface area contributed by atoms with E-state index in [4.69, 9.17) is 13.9 Å². The monoisotopic (exact) mass is 410 g/mol. The van der Waals surface area contributed by atoms with Crippen LogP contribution in [0.2, 0.25) is 0 Å². The van der Waals surface area contributed by atoms with Crippen LogP contribution in [0.1, 0.15) is 41.4 Å². The molecule has 0 spiro atoms. The van der Waals surface area contributed by atoms with Crippen molar-refractivity contribution in [3.05, 3.63) is 71.4 Å². The predicted molar refractivity (Wildman–Crippen MR) is 113 cm³/mol. The summed E-state index contributed by atoms with van der Waals surface area (Å²) in [6, 6.07) is 12.6. The smallest absolute Gasteiger partial charge is 0.340 e. The Labute approximate surface area is 175 Å². The summed E-state index contributed by atoms with van der Waals surface area (Å²) in [6.07, 6.45) is 0.642. The number of carbonyl (C=O) groups excluding carboxylic acids is 2. The molecule has 30 heavy (non-hydrogen) atoms. The highest BCUT2D eigenvalue weighted by Crippen LogP contribution is 2.24. The standard InChI is InChI=1S/C23H26N2O5/c1-5-28-21-11-7-6-10-20(21)24-22(26)17(4)30-23(27)19-13-15(2)25(16(19)3)14-18-9-8-12-29-18/h6-13,17H,5,14H2,1-4H3,(H,24,26)/t17-/m1/s1. The number of aromatic nitrogens is 1. The predicted octanol–water partition coefficient (Wildman–Crippen LogP) is 4.33. The molecule has 1 N–H and O–H groups in total. The molecule has 0 saturated heterocycles. The van der Waals surface area contributed by atoms with Gasteiger partial charge in [-0.3, -0.25) is 4.79 Å². The Kier molecular flexibility index (Phi) is 6.61. The van der Waals surface area contributed by atoms with Crippen LogP contribution in [0.25, 0.3) is 0 Å². The van der Waals surface area contributed by atoms with Crippen LogP contribution in [0, 0.1) is 13.8 Å². The van der Waals surface area contributed by atoms with Crippen molar-refractivity contribution in [3.63, 3.8) is 0 Å². The van der Waals surface area contributed by atoms with Crippen LogP contribution >= 0.6 is 0 Å². The summed E-state index contributed by atoms with van der Waals surface area (Å²) < 4.78 is 18.3. The zero-order chi connectivity index (χ0) is 21.7. The first-order valence-electron chi connectivity index (χ1n) is 9.83. The SMILES string of the molecule is CCOc1ccccc1NC(=O)[C@@H](C)OC(=O)c1cc(C)n(Cc2ccco2)c1C. The second kappa shape index (κ2) is 9.35. The molecule has 1 amide bonds. The van der Waals surface area contributed by atoms with Crippen LogP contribution in [0.15, 0.2) is 53.1 Å². The van der Waals surface area contributed by atoms with Crippen molar-refractivity contribution in [3.8, 4) is 5.75 Å². The number of aryl methyl sites for hydroxylation is 1. The van der Waals surface area contributed by atoms with E-state index in [-0.39, 0.29) is 0 Å². The first kappa shape index (κ1) is 21.2. The van der Waals surface area contributed by atoms with E-state index in [2.05, 4.69) is 5.32 Å². The number of hydrogen-bond donors (Lipinski definition) is 1. The third-order valence-electron chi connectivity index (χ3n) is 4.79. The highest BCUT2D eigenvalue weighted by atomic mass is 16.5. The van der Waals surface area contributed by atoms with Crippen molar-refractivity contribution in [2.45, 2.75) is 40.3 Å². The van der Waals surface area contributed by atoms with Crippen LogP contribution in [0.4, 0.5) is 5.69 Å². The van der Waals surface area contributed by atoms with E-state index in [9.17, 15) is 9.59 Å². The lowest BCUT2D eigenvalue weighted by molar-refractivity contribution is -0.123. The van der Waals surface area contributed by atoms with Gasteiger partial charge in [0.2, 0.25) is 0 Å². The lowest BCUT2D eigenvalue weighted by atomic mass is 10.2. The molecule has 3 rings (SSSR count). The Morgan fingerprint density at radius 3 is 2.63 bits per heavy atom. The zero-order valence-corrected chi connectivity index (χ0v) is 17.6. The summed E-state index contributed by atoms with van der Waals surface area (Å²) in [5.74, 6) is 0.375. The number of anilines is 1. The number of benzene rings is 1. The van der Waals surface area contributed by atoms with Gasteiger partial charge in [0, 0.05) is 11.4 Å². The minimum atomic E-state index is -0.972. The van der Waals surface area contributed by atoms with Crippen molar-refractivity contribution in [2.75, 3.05) is 11.9 Å². The van der Waals surface area contributed by atoms with Gasteiger partial charge in [0.1, 0.15) is 11.5 Å². The fraction of sp³-hybridized carbons (Fsp3) is 0.304. The van der Waals surface area contributed by atoms with Gasteiger partial charge in [-0.1, -0.05) is 12.1 Å². The maximum absolute atomic E-state index is 12.7. The topological polar surface area (TPSA) is 82.7 Å². The molecule has 2 aromatic heterocycles. The molecule has 0 fully saturated rings. The lowest BCUT2D eigenvalue weighted by Gasteiger charge is -2.15. The first-order chi connectivity index (χ1) is 14.4. The number of nitrogens with zero attached hydrogens (tertiary/aromatic N) is 1. The molecule has 1 atom stereocenters. The maximum Gasteiger partial charge on any atom is 0.340 e. The van der Waals surface area contributed by atoms with Crippen LogP contribution in [0.3, 0.4) is 0 Å². The van der Waals surface area contributed by atoms with E-state index < -0.39 is 18.0 Å². The van der Waals surface area contributed by atoms with E-state index >= 15 is 0 Å². The number of ether oxygens (including phenoxy) is 2. The van der Waals surface area contributed by atoms with Crippen molar-refractivity contribution < 1.29 is 23.5 Å². The van der Waals surface area contributed by atoms with E-state index in [1.165, 1.54) is 0 Å². The molecular weight excluding hydrogens is 384 g/mol. The van der Waals surface area contributed by atoms with Crippen LogP contribution in [0.5, 0.6) is 5.75 Å². The quantitative estimate of drug-likeness (QED) is 0.559. The summed E-state index contributed by atoms with van der Waals surface area (Å²) in [7, 11) is 0. The molecule has 0 aliphatic rings. The number of para-hydroxylation sites is 2. The fourth-order valence-corrected chi connectivity index (χ4v) is 3.17. The van der Waals surface area contributed by atoms with Gasteiger partial charge in [-0.05, 0) is 58.0 Å². The number of esters is 1. The Hall–Kier alpha value is -3.48. The Morgan fingerprint density at radius 1 is 1.17 bits per heavy atom. The summed E-state index contributed by atoms with van der Waals surface area (Å²) >= 11 is 0. The van der Waals surface area contributed by atoms with Gasteiger partial charge in [0.05, 0.1) is 30.7 Å². The second-order valence-corrected chi connectivity index (χ2v) is 6.92. The summed E-state index contributed by atoms with van der Waals surface area (Å²) in [5.41, 5.74) is 2.61. The maximum atomic E-state index is 12.7. The van der Waals surface area contributed by atoms with Crippen LogP contribution in [-0.4, -0.2) is 29.2 Å². The third kappa shape index (κ3) is 4.74. The minimum absolute atomic E-state index is 0.424. The molecule has 7 nitrogen and oxygen atoms in total. The third-order valence-corrected chi connectivity index (χ3v) is 4.79. The molecule has 7 heteroatoms. The van der Waals surface area contributed by atoms with Crippen LogP contribution in [-0.2, 0) is 16.1 Å². The van der Waals surface area contributed by atoms with Gasteiger partial charge in [0.15, 0.2) is 6.10 Å². The molecule has 0 saturated carbocycles. The van der Waals surface area contributed by atoms with Gasteiger partial charge in [-0.25, -0.2) is 4.79 Å². The summed E-state index contributed by atoms with van der Waals surface area (Å²) in [6.45, 7) is 8.15. The van der Waals surface area contributed by atoms with Gasteiger partial charge in [0.25, 0.3) is 5.91 Å². The molecular formula is C23H26N2O5. The highest BCUT2D eigenvalue weighted by Gasteiger charge is 2.23. The minimum Gasteiger partial charge on any atom is -0.492 e. The van der Waals surface area contributed by atoms with Crippen molar-refractivity contribution in [1.82, 2.24) is 4.57 Å². The number of amides is 1. The number of rotatable bonds is 8. The van der Waals surface area contributed by atoms with Crippen molar-refractivity contribution >= 4 is 17.6 Å².